The standard InChI is InChI=1S/C17H20N4O3S/c1-5-13-7-6-8-14(9-13)21-25(22,23)16-10(2)15(18-11(16)3)17-20-19-12(4)24-17/h6-9,18,21H,5H2,1-4H3. The van der Waals surface area contributed by atoms with Crippen LogP contribution >= 0.6 is 0 Å². The number of hydrogen-bond acceptors (Lipinski definition) is 5. The summed E-state index contributed by atoms with van der Waals surface area (Å²) < 4.78 is 33.8. The van der Waals surface area contributed by atoms with E-state index in [9.17, 15) is 8.42 Å². The molecule has 0 radical (unpaired) electrons. The Kier molecular flexibility index (Phi) is 4.38. The quantitative estimate of drug-likeness (QED) is 0.726. The lowest BCUT2D eigenvalue weighted by Gasteiger charge is -2.10. The minimum Gasteiger partial charge on any atom is -0.420 e. The van der Waals surface area contributed by atoms with Crippen molar-refractivity contribution in [1.82, 2.24) is 15.2 Å². The number of hydrogen-bond donors (Lipinski definition) is 2. The van der Waals surface area contributed by atoms with E-state index in [0.717, 1.165) is 12.0 Å². The maximum atomic E-state index is 12.9. The third-order valence-corrected chi connectivity index (χ3v) is 5.62. The van der Waals surface area contributed by atoms with Gasteiger partial charge in [-0.1, -0.05) is 19.1 Å². The van der Waals surface area contributed by atoms with Crippen LogP contribution in [0.1, 0.15) is 29.6 Å². The van der Waals surface area contributed by atoms with E-state index in [4.69, 9.17) is 4.42 Å². The number of nitrogens with zero attached hydrogens (tertiary/aromatic N) is 2. The topological polar surface area (TPSA) is 101 Å². The van der Waals surface area contributed by atoms with Crippen LogP contribution in [-0.4, -0.2) is 23.6 Å². The summed E-state index contributed by atoms with van der Waals surface area (Å²) in [6, 6.07) is 7.36. The molecule has 8 heteroatoms. The fourth-order valence-electron chi connectivity index (χ4n) is 2.81. The van der Waals surface area contributed by atoms with Crippen molar-refractivity contribution in [1.29, 1.82) is 0 Å². The molecule has 0 aliphatic rings. The highest BCUT2D eigenvalue weighted by Gasteiger charge is 2.26. The summed E-state index contributed by atoms with van der Waals surface area (Å²) in [5.74, 6) is 0.688. The summed E-state index contributed by atoms with van der Waals surface area (Å²) in [4.78, 5) is 3.24. The molecule has 0 saturated carbocycles. The van der Waals surface area contributed by atoms with Gasteiger partial charge < -0.3 is 9.40 Å². The third-order valence-electron chi connectivity index (χ3n) is 3.96. The molecule has 0 fully saturated rings. The predicted octanol–water partition coefficient (Wildman–Crippen LogP) is 3.35. The van der Waals surface area contributed by atoms with Crippen molar-refractivity contribution >= 4 is 15.7 Å². The van der Waals surface area contributed by atoms with Gasteiger partial charge in [0.2, 0.25) is 5.89 Å². The lowest BCUT2D eigenvalue weighted by atomic mass is 10.1. The van der Waals surface area contributed by atoms with E-state index in [1.54, 1.807) is 26.8 Å². The summed E-state index contributed by atoms with van der Waals surface area (Å²) in [6.07, 6.45) is 0.832. The van der Waals surface area contributed by atoms with Gasteiger partial charge in [-0.15, -0.1) is 10.2 Å². The van der Waals surface area contributed by atoms with Crippen LogP contribution in [0.25, 0.3) is 11.6 Å². The SMILES string of the molecule is CCc1cccc(NS(=O)(=O)c2c(C)[nH]c(-c3nnc(C)o3)c2C)c1. The van der Waals surface area contributed by atoms with Crippen LogP contribution in [0.3, 0.4) is 0 Å². The Labute approximate surface area is 146 Å². The Morgan fingerprint density at radius 3 is 2.60 bits per heavy atom. The normalized spacial score (nSPS) is 11.7. The molecule has 25 heavy (non-hydrogen) atoms. The maximum absolute atomic E-state index is 12.9. The zero-order valence-corrected chi connectivity index (χ0v) is 15.4. The first-order valence-corrected chi connectivity index (χ1v) is 9.41. The molecule has 0 unspecified atom stereocenters. The van der Waals surface area contributed by atoms with E-state index in [1.807, 2.05) is 25.1 Å². The number of benzene rings is 1. The number of H-pyrrole nitrogens is 1. The molecule has 0 atom stereocenters. The monoisotopic (exact) mass is 360 g/mol. The molecule has 7 nitrogen and oxygen atoms in total. The van der Waals surface area contributed by atoms with Crippen LogP contribution in [0.15, 0.2) is 33.6 Å². The molecule has 0 aliphatic carbocycles. The lowest BCUT2D eigenvalue weighted by Crippen LogP contribution is -2.14. The van der Waals surface area contributed by atoms with Crippen molar-refractivity contribution < 1.29 is 12.8 Å². The van der Waals surface area contributed by atoms with Crippen molar-refractivity contribution in [3.63, 3.8) is 0 Å². The second-order valence-corrected chi connectivity index (χ2v) is 7.48. The molecule has 3 aromatic rings. The molecule has 3 rings (SSSR count). The summed E-state index contributed by atoms with van der Waals surface area (Å²) in [5.41, 5.74) is 3.17. The van der Waals surface area contributed by atoms with E-state index in [0.29, 0.717) is 28.5 Å². The van der Waals surface area contributed by atoms with Gasteiger partial charge in [0, 0.05) is 23.9 Å². The zero-order valence-electron chi connectivity index (χ0n) is 14.5. The van der Waals surface area contributed by atoms with E-state index < -0.39 is 10.0 Å². The van der Waals surface area contributed by atoms with Crippen LogP contribution in [0.4, 0.5) is 5.69 Å². The number of nitrogens with one attached hydrogen (secondary N) is 2. The largest absolute Gasteiger partial charge is 0.420 e. The number of sulfonamides is 1. The molecule has 2 N–H and O–H groups in total. The molecule has 0 aliphatic heterocycles. The highest BCUT2D eigenvalue weighted by Crippen LogP contribution is 2.31. The first-order chi connectivity index (χ1) is 11.8. The van der Waals surface area contributed by atoms with Crippen molar-refractivity contribution in [2.75, 3.05) is 4.72 Å². The molecule has 2 aromatic heterocycles. The van der Waals surface area contributed by atoms with E-state index in [-0.39, 0.29) is 10.8 Å². The highest BCUT2D eigenvalue weighted by atomic mass is 32.2. The van der Waals surface area contributed by atoms with Gasteiger partial charge in [-0.2, -0.15) is 0 Å². The third kappa shape index (κ3) is 3.30. The Balaban J connectivity index is 2.01. The van der Waals surface area contributed by atoms with Gasteiger partial charge in [0.05, 0.1) is 0 Å². The van der Waals surface area contributed by atoms with Gasteiger partial charge in [0.25, 0.3) is 15.9 Å². The van der Waals surface area contributed by atoms with Crippen molar-refractivity contribution in [2.45, 2.75) is 39.0 Å². The second-order valence-electron chi connectivity index (χ2n) is 5.86. The first-order valence-electron chi connectivity index (χ1n) is 7.93. The Morgan fingerprint density at radius 2 is 1.96 bits per heavy atom. The molecule has 0 spiro atoms. The molecule has 132 valence electrons. The lowest BCUT2D eigenvalue weighted by molar-refractivity contribution is 0.531. The Morgan fingerprint density at radius 1 is 1.20 bits per heavy atom. The Hall–Kier alpha value is -2.61. The van der Waals surface area contributed by atoms with Crippen molar-refractivity contribution in [2.24, 2.45) is 0 Å². The summed E-state index contributed by atoms with van der Waals surface area (Å²) in [5, 5.41) is 7.75. The molecule has 2 heterocycles. The number of aromatic nitrogens is 3. The van der Waals surface area contributed by atoms with Crippen molar-refractivity contribution in [3.05, 3.63) is 47.0 Å². The number of aryl methyl sites for hydroxylation is 3. The van der Waals surface area contributed by atoms with Gasteiger partial charge in [-0.05, 0) is 38.0 Å². The molecular formula is C17H20N4O3S. The summed E-state index contributed by atoms with van der Waals surface area (Å²) in [6.45, 7) is 7.13. The minimum absolute atomic E-state index is 0.195. The van der Waals surface area contributed by atoms with Gasteiger partial charge in [0.1, 0.15) is 10.6 Å². The smallest absolute Gasteiger partial charge is 0.264 e. The number of anilines is 1. The average molecular weight is 360 g/mol. The predicted molar refractivity (Wildman–Crippen MR) is 94.9 cm³/mol. The highest BCUT2D eigenvalue weighted by molar-refractivity contribution is 7.92. The zero-order chi connectivity index (χ0) is 18.2. The number of rotatable bonds is 5. The van der Waals surface area contributed by atoms with E-state index in [2.05, 4.69) is 19.9 Å². The summed E-state index contributed by atoms with van der Waals surface area (Å²) in [7, 11) is -3.75. The van der Waals surface area contributed by atoms with Gasteiger partial charge in [-0.25, -0.2) is 8.42 Å². The maximum Gasteiger partial charge on any atom is 0.264 e. The summed E-state index contributed by atoms with van der Waals surface area (Å²) >= 11 is 0. The van der Waals surface area contributed by atoms with E-state index in [1.165, 1.54) is 0 Å². The van der Waals surface area contributed by atoms with Gasteiger partial charge >= 0.3 is 0 Å². The average Bonchev–Trinajstić information content (AvgIpc) is 3.10. The molecule has 0 saturated heterocycles. The fraction of sp³-hybridized carbons (Fsp3) is 0.294. The Bertz CT molecular complexity index is 1020. The van der Waals surface area contributed by atoms with Crippen molar-refractivity contribution in [3.8, 4) is 11.6 Å². The van der Waals surface area contributed by atoms with Crippen LogP contribution in [0, 0.1) is 20.8 Å². The van der Waals surface area contributed by atoms with E-state index >= 15 is 0 Å². The molecule has 0 bridgehead atoms. The van der Waals surface area contributed by atoms with Gasteiger partial charge in [0.15, 0.2) is 0 Å². The fourth-order valence-corrected chi connectivity index (χ4v) is 4.31. The molecule has 1 aromatic carbocycles. The molecule has 0 amide bonds. The number of aromatic amines is 1. The van der Waals surface area contributed by atoms with Crippen LogP contribution < -0.4 is 4.72 Å². The van der Waals surface area contributed by atoms with Crippen LogP contribution in [0.5, 0.6) is 0 Å². The minimum atomic E-state index is -3.75. The molecular weight excluding hydrogens is 340 g/mol. The first kappa shape index (κ1) is 17.2. The second kappa shape index (κ2) is 6.36. The van der Waals surface area contributed by atoms with Crippen LogP contribution in [0.2, 0.25) is 0 Å². The van der Waals surface area contributed by atoms with Gasteiger partial charge in [-0.3, -0.25) is 4.72 Å². The van der Waals surface area contributed by atoms with Crippen LogP contribution in [-0.2, 0) is 16.4 Å².